The molecule has 0 aliphatic heterocycles. The van der Waals surface area contributed by atoms with Gasteiger partial charge in [-0.1, -0.05) is 117 Å². The molecule has 0 bridgehead atoms. The third-order valence-corrected chi connectivity index (χ3v) is 10.9. The first-order valence-electron chi connectivity index (χ1n) is 16.9. The summed E-state index contributed by atoms with van der Waals surface area (Å²) < 4.78 is 29.8. The van der Waals surface area contributed by atoms with Crippen molar-refractivity contribution in [1.29, 1.82) is 0 Å². The van der Waals surface area contributed by atoms with Gasteiger partial charge in [-0.2, -0.15) is 0 Å². The maximum Gasteiger partial charge on any atom is 0.264 e. The van der Waals surface area contributed by atoms with Crippen LogP contribution in [0.2, 0.25) is 0 Å². The molecule has 0 radical (unpaired) electrons. The summed E-state index contributed by atoms with van der Waals surface area (Å²) in [6, 6.07) is 30.7. The number of nitrogens with one attached hydrogen (secondary N) is 1. The van der Waals surface area contributed by atoms with E-state index in [-0.39, 0.29) is 29.3 Å². The number of carbonyl (C=O) groups is 2. The van der Waals surface area contributed by atoms with Crippen LogP contribution in [-0.4, -0.2) is 43.8 Å². The highest BCUT2D eigenvalue weighted by Crippen LogP contribution is 2.28. The molecule has 1 unspecified atom stereocenters. The minimum atomic E-state index is -4.15. The van der Waals surface area contributed by atoms with Gasteiger partial charge in [-0.3, -0.25) is 13.9 Å². The normalized spacial score (nSPS) is 14.1. The highest BCUT2D eigenvalue weighted by atomic mass is 32.2. The average molecular weight is 666 g/mol. The highest BCUT2D eigenvalue weighted by Gasteiger charge is 2.35. The largest absolute Gasteiger partial charge is 0.352 e. The lowest BCUT2D eigenvalue weighted by Crippen LogP contribution is -2.54. The second-order valence-corrected chi connectivity index (χ2v) is 15.1. The van der Waals surface area contributed by atoms with Crippen LogP contribution in [0.5, 0.6) is 0 Å². The van der Waals surface area contributed by atoms with Crippen LogP contribution < -0.4 is 9.62 Å². The maximum atomic E-state index is 14.7. The van der Waals surface area contributed by atoms with Crippen LogP contribution in [0.4, 0.5) is 5.69 Å². The molecule has 0 spiro atoms. The summed E-state index contributed by atoms with van der Waals surface area (Å²) in [6.45, 7) is 7.72. The molecule has 1 saturated carbocycles. The van der Waals surface area contributed by atoms with Gasteiger partial charge in [-0.15, -0.1) is 0 Å². The van der Waals surface area contributed by atoms with Crippen molar-refractivity contribution in [3.8, 4) is 0 Å². The summed E-state index contributed by atoms with van der Waals surface area (Å²) >= 11 is 0. The Labute approximate surface area is 286 Å². The summed E-state index contributed by atoms with van der Waals surface area (Å²) in [5, 5.41) is 3.23. The summed E-state index contributed by atoms with van der Waals surface area (Å²) in [6.07, 6.45) is 4.23. The molecule has 8 heteroatoms. The Morgan fingerprint density at radius 1 is 0.792 bits per heavy atom. The molecule has 4 aromatic carbocycles. The van der Waals surface area contributed by atoms with Crippen LogP contribution in [0.15, 0.2) is 108 Å². The molecule has 4 aromatic rings. The van der Waals surface area contributed by atoms with Crippen LogP contribution in [0, 0.1) is 13.8 Å². The van der Waals surface area contributed by atoms with Crippen molar-refractivity contribution in [2.24, 2.45) is 0 Å². The predicted molar refractivity (Wildman–Crippen MR) is 192 cm³/mol. The highest BCUT2D eigenvalue weighted by molar-refractivity contribution is 7.92. The number of nitrogens with zero attached hydrogens (tertiary/aromatic N) is 2. The lowest BCUT2D eigenvalue weighted by molar-refractivity contribution is -0.140. The molecule has 1 aliphatic carbocycles. The minimum Gasteiger partial charge on any atom is -0.352 e. The summed E-state index contributed by atoms with van der Waals surface area (Å²) in [4.78, 5) is 30.6. The van der Waals surface area contributed by atoms with E-state index in [4.69, 9.17) is 0 Å². The van der Waals surface area contributed by atoms with Gasteiger partial charge >= 0.3 is 0 Å². The zero-order chi connectivity index (χ0) is 34.3. The molecule has 5 rings (SSSR count). The Hall–Kier alpha value is -4.43. The third-order valence-electron chi connectivity index (χ3n) is 9.14. The Bertz CT molecular complexity index is 1780. The predicted octanol–water partition coefficient (Wildman–Crippen LogP) is 7.32. The molecule has 48 heavy (non-hydrogen) atoms. The molecule has 252 valence electrons. The van der Waals surface area contributed by atoms with Crippen molar-refractivity contribution < 1.29 is 18.0 Å². The number of sulfonamides is 1. The zero-order valence-electron chi connectivity index (χ0n) is 28.4. The van der Waals surface area contributed by atoms with Crippen molar-refractivity contribution in [3.63, 3.8) is 0 Å². The fourth-order valence-electron chi connectivity index (χ4n) is 6.32. The Balaban J connectivity index is 1.57. The molecule has 1 aliphatic rings. The smallest absolute Gasteiger partial charge is 0.264 e. The van der Waals surface area contributed by atoms with E-state index in [9.17, 15) is 18.0 Å². The molecule has 1 atom stereocenters. The van der Waals surface area contributed by atoms with E-state index in [1.165, 1.54) is 4.31 Å². The second kappa shape index (κ2) is 15.6. The van der Waals surface area contributed by atoms with Crippen molar-refractivity contribution in [1.82, 2.24) is 10.2 Å². The number of rotatable bonds is 13. The first kappa shape index (κ1) is 34.9. The molecule has 7 nitrogen and oxygen atoms in total. The van der Waals surface area contributed by atoms with E-state index < -0.39 is 28.5 Å². The first-order valence-corrected chi connectivity index (χ1v) is 18.3. The lowest BCUT2D eigenvalue weighted by atomic mass is 10.0. The van der Waals surface area contributed by atoms with E-state index in [0.29, 0.717) is 12.1 Å². The minimum absolute atomic E-state index is 0.0598. The number of hydrogen-bond acceptors (Lipinski definition) is 4. The van der Waals surface area contributed by atoms with Gasteiger partial charge < -0.3 is 10.2 Å². The summed E-state index contributed by atoms with van der Waals surface area (Å²) in [5.74, 6) is -0.423. The van der Waals surface area contributed by atoms with Crippen molar-refractivity contribution in [2.75, 3.05) is 10.8 Å². The van der Waals surface area contributed by atoms with E-state index in [2.05, 4.69) is 19.2 Å². The molecular weight excluding hydrogens is 619 g/mol. The molecule has 0 aromatic heterocycles. The number of anilines is 1. The third kappa shape index (κ3) is 8.72. The van der Waals surface area contributed by atoms with Crippen molar-refractivity contribution >= 4 is 27.5 Å². The van der Waals surface area contributed by atoms with E-state index in [0.717, 1.165) is 53.5 Å². The van der Waals surface area contributed by atoms with Gasteiger partial charge in [0.05, 0.1) is 10.6 Å². The Kier molecular flexibility index (Phi) is 11.4. The van der Waals surface area contributed by atoms with Crippen LogP contribution in [0.3, 0.4) is 0 Å². The topological polar surface area (TPSA) is 86.8 Å². The summed E-state index contributed by atoms with van der Waals surface area (Å²) in [7, 11) is -4.15. The molecule has 0 saturated heterocycles. The number of amides is 2. The number of carbonyl (C=O) groups excluding carboxylic acids is 2. The Morgan fingerprint density at radius 3 is 2.06 bits per heavy atom. The monoisotopic (exact) mass is 665 g/mol. The standard InChI is InChI=1S/C40H47N3O4S/c1-29(2)34-19-21-36(22-20-34)43(48(46,47)37-23-17-30(3)18-24-37)28-39(44)42(27-33-14-10-11-31(4)25-33)38(26-32-12-6-5-7-13-32)40(45)41-35-15-8-9-16-35/h5-7,10-14,17-25,29,35,38H,8-9,15-16,26-28H2,1-4H3,(H,41,45). The number of aryl methyl sites for hydroxylation is 2. The average Bonchev–Trinajstić information content (AvgIpc) is 3.59. The van der Waals surface area contributed by atoms with Crippen LogP contribution in [-0.2, 0) is 32.6 Å². The number of benzene rings is 4. The van der Waals surface area contributed by atoms with Gasteiger partial charge in [0.15, 0.2) is 0 Å². The Morgan fingerprint density at radius 2 is 1.44 bits per heavy atom. The molecule has 0 heterocycles. The lowest BCUT2D eigenvalue weighted by Gasteiger charge is -2.34. The first-order chi connectivity index (χ1) is 23.0. The van der Waals surface area contributed by atoms with Crippen LogP contribution in [0.25, 0.3) is 0 Å². The van der Waals surface area contributed by atoms with Crippen LogP contribution >= 0.6 is 0 Å². The van der Waals surface area contributed by atoms with Crippen molar-refractivity contribution in [2.45, 2.75) is 89.2 Å². The van der Waals surface area contributed by atoms with E-state index >= 15 is 0 Å². The fourth-order valence-corrected chi connectivity index (χ4v) is 7.73. The zero-order valence-corrected chi connectivity index (χ0v) is 29.2. The molecule has 2 amide bonds. The van der Waals surface area contributed by atoms with Crippen LogP contribution in [0.1, 0.15) is 73.3 Å². The van der Waals surface area contributed by atoms with Gasteiger partial charge in [-0.25, -0.2) is 8.42 Å². The molecular formula is C40H47N3O4S. The van der Waals surface area contributed by atoms with Gasteiger partial charge in [-0.05, 0) is 73.6 Å². The van der Waals surface area contributed by atoms with E-state index in [1.54, 1.807) is 41.3 Å². The second-order valence-electron chi connectivity index (χ2n) is 13.3. The quantitative estimate of drug-likeness (QED) is 0.162. The van der Waals surface area contributed by atoms with Crippen molar-refractivity contribution in [3.05, 3.63) is 131 Å². The fraction of sp³-hybridized carbons (Fsp3) is 0.350. The van der Waals surface area contributed by atoms with Gasteiger partial charge in [0.1, 0.15) is 12.6 Å². The van der Waals surface area contributed by atoms with Gasteiger partial charge in [0.2, 0.25) is 11.8 Å². The van der Waals surface area contributed by atoms with E-state index in [1.807, 2.05) is 80.6 Å². The summed E-state index contributed by atoms with van der Waals surface area (Å²) in [5.41, 5.74) is 5.19. The molecule has 1 N–H and O–H groups in total. The number of hydrogen-bond donors (Lipinski definition) is 1. The SMILES string of the molecule is Cc1ccc(S(=O)(=O)N(CC(=O)N(Cc2cccc(C)c2)C(Cc2ccccc2)C(=O)NC2CCCC2)c2ccc(C(C)C)cc2)cc1. The van der Waals surface area contributed by atoms with Gasteiger partial charge in [0, 0.05) is 19.0 Å². The van der Waals surface area contributed by atoms with Gasteiger partial charge in [0.25, 0.3) is 10.0 Å². The molecule has 1 fully saturated rings. The maximum absolute atomic E-state index is 14.7.